The van der Waals surface area contributed by atoms with Crippen LogP contribution in [-0.2, 0) is 0 Å². The van der Waals surface area contributed by atoms with Crippen LogP contribution < -0.4 is 10.9 Å². The van der Waals surface area contributed by atoms with Crippen LogP contribution in [0.15, 0.2) is 34.5 Å². The number of aromatic hydroxyl groups is 6. The van der Waals surface area contributed by atoms with Crippen LogP contribution in [0.2, 0.25) is 0 Å². The summed E-state index contributed by atoms with van der Waals surface area (Å²) in [6.45, 7) is 0. The topological polar surface area (TPSA) is 170 Å². The maximum Gasteiger partial charge on any atom is 0.207 e. The maximum absolute atomic E-state index is 9.37. The van der Waals surface area contributed by atoms with Gasteiger partial charge in [0.2, 0.25) is 5.11 Å². The molecule has 0 atom stereocenters. The molecule has 2 rings (SSSR count). The quantitative estimate of drug-likeness (QED) is 0.165. The van der Waals surface area contributed by atoms with Crippen LogP contribution in [0, 0.1) is 0 Å². The molecule has 26 heavy (non-hydrogen) atoms. The molecule has 0 bridgehead atoms. The normalized spacial score (nSPS) is 11.1. The summed E-state index contributed by atoms with van der Waals surface area (Å²) in [6.07, 6.45) is 2.46. The van der Waals surface area contributed by atoms with E-state index in [-0.39, 0.29) is 5.11 Å². The molecular weight excluding hydrogens is 364 g/mol. The third kappa shape index (κ3) is 4.64. The number of benzene rings is 2. The summed E-state index contributed by atoms with van der Waals surface area (Å²) in [5.41, 5.74) is 5.42. The van der Waals surface area contributed by atoms with Crippen molar-refractivity contribution in [1.29, 1.82) is 0 Å². The first-order chi connectivity index (χ1) is 12.3. The Morgan fingerprint density at radius 2 is 1.00 bits per heavy atom. The van der Waals surface area contributed by atoms with E-state index in [1.807, 2.05) is 0 Å². The molecule has 0 saturated heterocycles. The number of nitrogens with one attached hydrogen (secondary N) is 2. The lowest BCUT2D eigenvalue weighted by Crippen LogP contribution is -2.28. The summed E-state index contributed by atoms with van der Waals surface area (Å²) in [4.78, 5) is 0. The second-order valence-electron chi connectivity index (χ2n) is 4.88. The van der Waals surface area contributed by atoms with Crippen LogP contribution in [0.4, 0.5) is 0 Å². The Hall–Kier alpha value is -3.73. The third-order valence-corrected chi connectivity index (χ3v) is 3.13. The van der Waals surface area contributed by atoms with E-state index in [9.17, 15) is 30.6 Å². The van der Waals surface area contributed by atoms with Crippen LogP contribution in [0.25, 0.3) is 0 Å². The van der Waals surface area contributed by atoms with Crippen molar-refractivity contribution in [3.8, 4) is 34.5 Å². The fourth-order valence-corrected chi connectivity index (χ4v) is 1.86. The Balaban J connectivity index is 1.91. The van der Waals surface area contributed by atoms with Gasteiger partial charge in [-0.1, -0.05) is 0 Å². The van der Waals surface area contributed by atoms with E-state index in [0.29, 0.717) is 11.1 Å². The first kappa shape index (κ1) is 18.6. The highest BCUT2D eigenvalue weighted by molar-refractivity contribution is 7.80. The van der Waals surface area contributed by atoms with E-state index >= 15 is 0 Å². The van der Waals surface area contributed by atoms with Gasteiger partial charge in [0, 0.05) is 11.1 Å². The van der Waals surface area contributed by atoms with Crippen LogP contribution in [0.3, 0.4) is 0 Å². The van der Waals surface area contributed by atoms with Crippen molar-refractivity contribution < 1.29 is 30.6 Å². The van der Waals surface area contributed by atoms with Crippen molar-refractivity contribution in [2.24, 2.45) is 10.2 Å². The summed E-state index contributed by atoms with van der Waals surface area (Å²) in [6, 6.07) is 4.72. The number of hydrazone groups is 2. The zero-order valence-corrected chi connectivity index (χ0v) is 13.8. The first-order valence-electron chi connectivity index (χ1n) is 6.90. The zero-order valence-electron chi connectivity index (χ0n) is 13.0. The van der Waals surface area contributed by atoms with Crippen molar-refractivity contribution >= 4 is 29.8 Å². The molecule has 8 N–H and O–H groups in total. The molecule has 10 nitrogen and oxygen atoms in total. The van der Waals surface area contributed by atoms with Gasteiger partial charge < -0.3 is 30.6 Å². The lowest BCUT2D eigenvalue weighted by Gasteiger charge is -2.04. The molecule has 0 heterocycles. The maximum atomic E-state index is 9.37. The molecule has 0 aliphatic carbocycles. The number of thiocarbonyl (C=S) groups is 1. The second-order valence-corrected chi connectivity index (χ2v) is 5.29. The van der Waals surface area contributed by atoms with Crippen molar-refractivity contribution in [2.75, 3.05) is 0 Å². The first-order valence-corrected chi connectivity index (χ1v) is 7.30. The van der Waals surface area contributed by atoms with Crippen molar-refractivity contribution in [3.05, 3.63) is 35.4 Å². The lowest BCUT2D eigenvalue weighted by molar-refractivity contribution is 0.368. The van der Waals surface area contributed by atoms with Crippen LogP contribution in [0.1, 0.15) is 11.1 Å². The van der Waals surface area contributed by atoms with Gasteiger partial charge in [0.15, 0.2) is 34.5 Å². The van der Waals surface area contributed by atoms with E-state index in [1.54, 1.807) is 0 Å². The smallest absolute Gasteiger partial charge is 0.207 e. The molecule has 0 aliphatic rings. The Morgan fingerprint density at radius 3 is 1.31 bits per heavy atom. The van der Waals surface area contributed by atoms with Gasteiger partial charge in [-0.25, -0.2) is 0 Å². The van der Waals surface area contributed by atoms with E-state index < -0.39 is 34.5 Å². The number of phenolic OH excluding ortho intramolecular Hbond substituents is 6. The molecule has 0 unspecified atom stereocenters. The molecule has 2 aromatic rings. The third-order valence-electron chi connectivity index (χ3n) is 2.94. The Bertz CT molecular complexity index is 782. The molecule has 0 amide bonds. The number of rotatable bonds is 4. The Labute approximate surface area is 152 Å². The van der Waals surface area contributed by atoms with E-state index in [4.69, 9.17) is 12.2 Å². The Morgan fingerprint density at radius 1 is 0.692 bits per heavy atom. The molecule has 0 spiro atoms. The average molecular weight is 378 g/mol. The largest absolute Gasteiger partial charge is 0.504 e. The van der Waals surface area contributed by atoms with Gasteiger partial charge in [-0.05, 0) is 36.5 Å². The van der Waals surface area contributed by atoms with Crippen molar-refractivity contribution in [2.45, 2.75) is 0 Å². The van der Waals surface area contributed by atoms with Gasteiger partial charge in [0.1, 0.15) is 0 Å². The summed E-state index contributed by atoms with van der Waals surface area (Å²) in [5.74, 6) is -3.27. The Kier molecular flexibility index (Phi) is 5.65. The molecule has 0 saturated carbocycles. The van der Waals surface area contributed by atoms with Gasteiger partial charge in [-0.3, -0.25) is 10.9 Å². The number of phenols is 6. The zero-order chi connectivity index (χ0) is 19.3. The highest BCUT2D eigenvalue weighted by atomic mass is 32.1. The van der Waals surface area contributed by atoms with E-state index in [1.165, 1.54) is 36.7 Å². The van der Waals surface area contributed by atoms with Gasteiger partial charge >= 0.3 is 0 Å². The van der Waals surface area contributed by atoms with Crippen LogP contribution in [0.5, 0.6) is 34.5 Å². The summed E-state index contributed by atoms with van der Waals surface area (Å²) in [5, 5.41) is 63.4. The molecule has 0 fully saturated rings. The fourth-order valence-electron chi connectivity index (χ4n) is 1.76. The second kappa shape index (κ2) is 7.90. The molecule has 0 aromatic heterocycles. The highest BCUT2D eigenvalue weighted by Crippen LogP contribution is 2.35. The molecular formula is C15H14N4O6S. The minimum atomic E-state index is -0.632. The average Bonchev–Trinajstić information content (AvgIpc) is 2.57. The van der Waals surface area contributed by atoms with Gasteiger partial charge in [-0.15, -0.1) is 0 Å². The summed E-state index contributed by atoms with van der Waals surface area (Å²) >= 11 is 4.90. The predicted molar refractivity (Wildman–Crippen MR) is 96.9 cm³/mol. The monoisotopic (exact) mass is 378 g/mol. The van der Waals surface area contributed by atoms with Gasteiger partial charge in [-0.2, -0.15) is 10.2 Å². The number of hydrogen-bond donors (Lipinski definition) is 8. The standard InChI is InChI=1S/C15H14N4O6S/c20-9-1-7(2-10(21)13(9)24)5-16-18-15(26)19-17-6-8-3-11(22)14(25)12(23)4-8/h1-6,20-25H,(H2,18,19,26). The molecule has 0 aliphatic heterocycles. The van der Waals surface area contributed by atoms with Crippen molar-refractivity contribution in [3.63, 3.8) is 0 Å². The van der Waals surface area contributed by atoms with Gasteiger partial charge in [0.25, 0.3) is 0 Å². The van der Waals surface area contributed by atoms with Crippen LogP contribution >= 0.6 is 12.2 Å². The number of nitrogens with zero attached hydrogens (tertiary/aromatic N) is 2. The van der Waals surface area contributed by atoms with Gasteiger partial charge in [0.05, 0.1) is 12.4 Å². The highest BCUT2D eigenvalue weighted by Gasteiger charge is 2.07. The summed E-state index contributed by atoms with van der Waals surface area (Å²) in [7, 11) is 0. The lowest BCUT2D eigenvalue weighted by atomic mass is 10.2. The molecule has 136 valence electrons. The minimum absolute atomic E-state index is 0.00283. The van der Waals surface area contributed by atoms with Crippen molar-refractivity contribution in [1.82, 2.24) is 10.9 Å². The summed E-state index contributed by atoms with van der Waals surface area (Å²) < 4.78 is 0. The SMILES string of the molecule is Oc1cc(C=NNC(=S)NN=Cc2cc(O)c(O)c(O)c2)cc(O)c1O. The predicted octanol–water partition coefficient (Wildman–Crippen LogP) is 0.752. The molecule has 2 aromatic carbocycles. The molecule has 11 heteroatoms. The van der Waals surface area contributed by atoms with E-state index in [0.717, 1.165) is 0 Å². The van der Waals surface area contributed by atoms with Crippen LogP contribution in [-0.4, -0.2) is 48.2 Å². The minimum Gasteiger partial charge on any atom is -0.504 e. The van der Waals surface area contributed by atoms with E-state index in [2.05, 4.69) is 21.1 Å². The number of hydrogen-bond acceptors (Lipinski definition) is 9. The molecule has 0 radical (unpaired) electrons. The fraction of sp³-hybridized carbons (Fsp3) is 0.